The minimum atomic E-state index is -0.0981. The van der Waals surface area contributed by atoms with Crippen LogP contribution in [-0.2, 0) is 0 Å². The first-order valence-corrected chi connectivity index (χ1v) is 8.81. The summed E-state index contributed by atoms with van der Waals surface area (Å²) in [5.74, 6) is -0.0422. The molecule has 130 valence electrons. The fourth-order valence-electron chi connectivity index (χ4n) is 2.91. The first-order valence-electron chi connectivity index (χ1n) is 8.06. The summed E-state index contributed by atoms with van der Waals surface area (Å²) in [5, 5.41) is 0.911. The molecule has 2 aromatic carbocycles. The van der Waals surface area contributed by atoms with E-state index in [1.54, 1.807) is 30.0 Å². The fourth-order valence-corrected chi connectivity index (χ4v) is 3.28. The number of rotatable bonds is 3. The number of carbonyl (C=O) groups is 2. The fraction of sp³-hybridized carbons (Fsp3) is 0.263. The molecule has 1 fully saturated rings. The molecule has 1 aliphatic rings. The maximum atomic E-state index is 12.7. The summed E-state index contributed by atoms with van der Waals surface area (Å²) in [6.45, 7) is 4.22. The quantitative estimate of drug-likeness (QED) is 0.755. The van der Waals surface area contributed by atoms with Crippen LogP contribution in [0.5, 0.6) is 0 Å². The zero-order chi connectivity index (χ0) is 18.0. The summed E-state index contributed by atoms with van der Waals surface area (Å²) < 4.78 is 0. The van der Waals surface area contributed by atoms with E-state index in [0.717, 1.165) is 18.8 Å². The Kier molecular flexibility index (Phi) is 5.30. The van der Waals surface area contributed by atoms with Crippen LogP contribution in [0.2, 0.25) is 10.0 Å². The molecule has 0 aromatic heterocycles. The second kappa shape index (κ2) is 7.46. The predicted molar refractivity (Wildman–Crippen MR) is 101 cm³/mol. The van der Waals surface area contributed by atoms with Crippen molar-refractivity contribution < 1.29 is 9.59 Å². The van der Waals surface area contributed by atoms with Gasteiger partial charge >= 0.3 is 0 Å². The average Bonchev–Trinajstić information content (AvgIpc) is 2.63. The van der Waals surface area contributed by atoms with Gasteiger partial charge in [0.15, 0.2) is 5.78 Å². The maximum Gasteiger partial charge on any atom is 0.255 e. The highest BCUT2D eigenvalue weighted by molar-refractivity contribution is 6.35. The number of ketones is 1. The van der Waals surface area contributed by atoms with Crippen LogP contribution in [0.15, 0.2) is 42.5 Å². The molecular weight excluding hydrogens is 359 g/mol. The van der Waals surface area contributed by atoms with Crippen LogP contribution in [0.1, 0.15) is 27.6 Å². The van der Waals surface area contributed by atoms with Gasteiger partial charge in [-0.3, -0.25) is 9.59 Å². The second-order valence-electron chi connectivity index (χ2n) is 6.01. The van der Waals surface area contributed by atoms with E-state index in [4.69, 9.17) is 23.2 Å². The number of hydrogen-bond acceptors (Lipinski definition) is 3. The van der Waals surface area contributed by atoms with Crippen LogP contribution in [0, 0.1) is 0 Å². The van der Waals surface area contributed by atoms with Crippen molar-refractivity contribution in [2.45, 2.75) is 6.92 Å². The lowest BCUT2D eigenvalue weighted by Gasteiger charge is -2.36. The summed E-state index contributed by atoms with van der Waals surface area (Å²) in [7, 11) is 0. The molecule has 0 aliphatic carbocycles. The topological polar surface area (TPSA) is 40.6 Å². The Morgan fingerprint density at radius 2 is 1.56 bits per heavy atom. The highest BCUT2D eigenvalue weighted by atomic mass is 35.5. The van der Waals surface area contributed by atoms with Crippen molar-refractivity contribution in [1.82, 2.24) is 4.90 Å². The van der Waals surface area contributed by atoms with Crippen LogP contribution in [0.25, 0.3) is 0 Å². The van der Waals surface area contributed by atoms with E-state index >= 15 is 0 Å². The van der Waals surface area contributed by atoms with Gasteiger partial charge in [-0.2, -0.15) is 0 Å². The maximum absolute atomic E-state index is 12.7. The van der Waals surface area contributed by atoms with Crippen molar-refractivity contribution in [3.8, 4) is 0 Å². The molecule has 25 heavy (non-hydrogen) atoms. The lowest BCUT2D eigenvalue weighted by atomic mass is 10.1. The number of piperazine rings is 1. The molecule has 1 heterocycles. The molecular formula is C19H18Cl2N2O2. The standard InChI is InChI=1S/C19H18Cl2N2O2/c1-13(24)14-2-5-16(6-3-14)22-8-10-23(11-9-22)19(25)17-12-15(20)4-7-18(17)21/h2-7,12H,8-11H2,1H3. The smallest absolute Gasteiger partial charge is 0.255 e. The number of halogens is 2. The van der Waals surface area contributed by atoms with Crippen molar-refractivity contribution in [3.05, 3.63) is 63.6 Å². The SMILES string of the molecule is CC(=O)c1ccc(N2CCN(C(=O)c3cc(Cl)ccc3Cl)CC2)cc1. The van der Waals surface area contributed by atoms with E-state index in [0.29, 0.717) is 34.3 Å². The zero-order valence-electron chi connectivity index (χ0n) is 13.8. The zero-order valence-corrected chi connectivity index (χ0v) is 15.3. The minimum absolute atomic E-state index is 0.0559. The Morgan fingerprint density at radius 1 is 0.920 bits per heavy atom. The third-order valence-electron chi connectivity index (χ3n) is 4.36. The van der Waals surface area contributed by atoms with E-state index in [2.05, 4.69) is 4.90 Å². The Labute approximate surface area is 156 Å². The van der Waals surface area contributed by atoms with Crippen molar-refractivity contribution in [3.63, 3.8) is 0 Å². The number of hydrogen-bond donors (Lipinski definition) is 0. The van der Waals surface area contributed by atoms with Crippen LogP contribution in [0.3, 0.4) is 0 Å². The van der Waals surface area contributed by atoms with E-state index in [1.165, 1.54) is 0 Å². The predicted octanol–water partition coefficient (Wildman–Crippen LogP) is 4.16. The summed E-state index contributed by atoms with van der Waals surface area (Å²) in [6.07, 6.45) is 0. The molecule has 3 rings (SSSR count). The molecule has 0 atom stereocenters. The van der Waals surface area contributed by atoms with Crippen molar-refractivity contribution in [2.24, 2.45) is 0 Å². The third kappa shape index (κ3) is 3.97. The lowest BCUT2D eigenvalue weighted by Crippen LogP contribution is -2.48. The second-order valence-corrected chi connectivity index (χ2v) is 6.85. The van der Waals surface area contributed by atoms with Gasteiger partial charge in [0.25, 0.3) is 5.91 Å². The van der Waals surface area contributed by atoms with E-state index in [9.17, 15) is 9.59 Å². The molecule has 1 amide bonds. The molecule has 0 saturated carbocycles. The molecule has 2 aromatic rings. The van der Waals surface area contributed by atoms with Crippen molar-refractivity contribution in [1.29, 1.82) is 0 Å². The first-order chi connectivity index (χ1) is 12.0. The molecule has 0 unspecified atom stereocenters. The normalized spacial score (nSPS) is 14.5. The van der Waals surface area contributed by atoms with Gasteiger partial charge in [0.2, 0.25) is 0 Å². The monoisotopic (exact) mass is 376 g/mol. The van der Waals surface area contributed by atoms with Crippen LogP contribution >= 0.6 is 23.2 Å². The highest BCUT2D eigenvalue weighted by Gasteiger charge is 2.24. The Bertz CT molecular complexity index is 798. The van der Waals surface area contributed by atoms with Gasteiger partial charge in [0, 0.05) is 42.5 Å². The van der Waals surface area contributed by atoms with Gasteiger partial charge in [-0.15, -0.1) is 0 Å². The summed E-state index contributed by atoms with van der Waals surface area (Å²) in [5.41, 5.74) is 2.19. The van der Waals surface area contributed by atoms with Crippen molar-refractivity contribution in [2.75, 3.05) is 31.1 Å². The van der Waals surface area contributed by atoms with Gasteiger partial charge in [-0.1, -0.05) is 23.2 Å². The number of carbonyl (C=O) groups excluding carboxylic acids is 2. The molecule has 0 spiro atoms. The molecule has 0 N–H and O–H groups in total. The van der Waals surface area contributed by atoms with Gasteiger partial charge in [0.05, 0.1) is 10.6 Å². The van der Waals surface area contributed by atoms with Crippen LogP contribution in [0.4, 0.5) is 5.69 Å². The van der Waals surface area contributed by atoms with E-state index in [-0.39, 0.29) is 11.7 Å². The van der Waals surface area contributed by atoms with Gasteiger partial charge < -0.3 is 9.80 Å². The Hall–Kier alpha value is -2.04. The summed E-state index contributed by atoms with van der Waals surface area (Å²) in [4.78, 5) is 28.0. The number of anilines is 1. The number of nitrogens with zero attached hydrogens (tertiary/aromatic N) is 2. The summed E-state index contributed by atoms with van der Waals surface area (Å²) in [6, 6.07) is 12.5. The average molecular weight is 377 g/mol. The van der Waals surface area contributed by atoms with E-state index < -0.39 is 0 Å². The first kappa shape index (κ1) is 17.8. The molecule has 6 heteroatoms. The molecule has 0 bridgehead atoms. The van der Waals surface area contributed by atoms with Gasteiger partial charge in [0.1, 0.15) is 0 Å². The van der Waals surface area contributed by atoms with Gasteiger partial charge in [-0.25, -0.2) is 0 Å². The Morgan fingerprint density at radius 3 is 2.16 bits per heavy atom. The summed E-state index contributed by atoms with van der Waals surface area (Å²) >= 11 is 12.1. The van der Waals surface area contributed by atoms with Crippen LogP contribution < -0.4 is 4.90 Å². The highest BCUT2D eigenvalue weighted by Crippen LogP contribution is 2.24. The molecule has 1 saturated heterocycles. The number of amides is 1. The van der Waals surface area contributed by atoms with Crippen LogP contribution in [-0.4, -0.2) is 42.8 Å². The Balaban J connectivity index is 1.66. The molecule has 0 radical (unpaired) electrons. The molecule has 1 aliphatic heterocycles. The molecule has 4 nitrogen and oxygen atoms in total. The van der Waals surface area contributed by atoms with E-state index in [1.807, 2.05) is 24.3 Å². The third-order valence-corrected chi connectivity index (χ3v) is 4.93. The number of Topliss-reactive ketones (excluding diaryl/α,β-unsaturated/α-hetero) is 1. The van der Waals surface area contributed by atoms with Crippen molar-refractivity contribution >= 4 is 40.6 Å². The number of benzene rings is 2. The lowest BCUT2D eigenvalue weighted by molar-refractivity contribution is 0.0746. The van der Waals surface area contributed by atoms with Gasteiger partial charge in [-0.05, 0) is 49.4 Å². The minimum Gasteiger partial charge on any atom is -0.368 e. The largest absolute Gasteiger partial charge is 0.368 e.